The van der Waals surface area contributed by atoms with E-state index in [9.17, 15) is 9.59 Å². The van der Waals surface area contributed by atoms with Crippen molar-refractivity contribution in [1.82, 2.24) is 5.32 Å². The Labute approximate surface area is 131 Å². The molecule has 6 heteroatoms. The lowest BCUT2D eigenvalue weighted by Gasteiger charge is -2.27. The van der Waals surface area contributed by atoms with E-state index in [4.69, 9.17) is 0 Å². The van der Waals surface area contributed by atoms with E-state index in [1.807, 2.05) is 13.8 Å². The molecule has 1 heterocycles. The highest BCUT2D eigenvalue weighted by atomic mass is 127. The van der Waals surface area contributed by atoms with Crippen LogP contribution in [-0.4, -0.2) is 17.5 Å². The fraction of sp³-hybridized carbons (Fsp3) is 0.800. The summed E-state index contributed by atoms with van der Waals surface area (Å²) in [6.07, 6.45) is 0.738. The molecule has 0 saturated carbocycles. The molecule has 0 aromatic rings. The predicted octanol–water partition coefficient (Wildman–Crippen LogP) is -5.75. The second kappa shape index (κ2) is 7.10. The number of hydrogen-bond donors (Lipinski definition) is 2. The SMILES string of the molecule is CC(C)CC1(C(C)C)[NH2+]C(=O)NC1=O.[I-].[I-]. The van der Waals surface area contributed by atoms with Gasteiger partial charge in [0, 0.05) is 12.3 Å². The quantitative estimate of drug-likeness (QED) is 0.331. The van der Waals surface area contributed by atoms with Gasteiger partial charge in [-0.05, 0) is 5.92 Å². The summed E-state index contributed by atoms with van der Waals surface area (Å²) in [6, 6.07) is -0.246. The fourth-order valence-electron chi connectivity index (χ4n) is 2.06. The summed E-state index contributed by atoms with van der Waals surface area (Å²) >= 11 is 0. The Balaban J connectivity index is 0. The summed E-state index contributed by atoms with van der Waals surface area (Å²) in [4.78, 5) is 22.9. The zero-order valence-corrected chi connectivity index (χ0v) is 14.3. The van der Waals surface area contributed by atoms with Crippen molar-refractivity contribution in [2.75, 3.05) is 0 Å². The molecule has 1 unspecified atom stereocenters. The molecule has 3 amide bonds. The van der Waals surface area contributed by atoms with E-state index >= 15 is 0 Å². The molecule has 1 fully saturated rings. The Morgan fingerprint density at radius 2 is 1.69 bits per heavy atom. The lowest BCUT2D eigenvalue weighted by Crippen LogP contribution is -3.00. The number of nitrogens with one attached hydrogen (secondary N) is 1. The summed E-state index contributed by atoms with van der Waals surface area (Å²) in [6.45, 7) is 8.09. The maximum Gasteiger partial charge on any atom is 0.420 e. The van der Waals surface area contributed by atoms with E-state index in [0.717, 1.165) is 6.42 Å². The Bertz CT molecular complexity index is 270. The van der Waals surface area contributed by atoms with Crippen LogP contribution < -0.4 is 58.6 Å². The lowest BCUT2D eigenvalue weighted by molar-refractivity contribution is -0.622. The summed E-state index contributed by atoms with van der Waals surface area (Å²) in [5, 5.41) is 3.92. The van der Waals surface area contributed by atoms with Crippen LogP contribution >= 0.6 is 0 Å². The second-order valence-electron chi connectivity index (χ2n) is 4.76. The van der Waals surface area contributed by atoms with Gasteiger partial charge in [0.15, 0.2) is 5.54 Å². The predicted molar refractivity (Wildman–Crippen MR) is 52.5 cm³/mol. The highest BCUT2D eigenvalue weighted by Gasteiger charge is 2.53. The molecular weight excluding hydrogens is 434 g/mol. The molecule has 1 saturated heterocycles. The minimum absolute atomic E-state index is 0. The van der Waals surface area contributed by atoms with E-state index in [-0.39, 0.29) is 65.8 Å². The minimum atomic E-state index is -0.578. The van der Waals surface area contributed by atoms with Gasteiger partial charge in [0.2, 0.25) is 0 Å². The van der Waals surface area contributed by atoms with Crippen molar-refractivity contribution in [3.8, 4) is 0 Å². The molecule has 4 nitrogen and oxygen atoms in total. The monoisotopic (exact) mass is 453 g/mol. The van der Waals surface area contributed by atoms with E-state index in [1.165, 1.54) is 0 Å². The number of rotatable bonds is 3. The van der Waals surface area contributed by atoms with Gasteiger partial charge in [0.1, 0.15) is 0 Å². The van der Waals surface area contributed by atoms with Crippen LogP contribution in [0.2, 0.25) is 0 Å². The number of nitrogens with two attached hydrogens (primary N) is 1. The molecule has 0 aromatic heterocycles. The third-order valence-electron chi connectivity index (χ3n) is 2.82. The Morgan fingerprint density at radius 3 is 1.94 bits per heavy atom. The van der Waals surface area contributed by atoms with Crippen molar-refractivity contribution >= 4 is 11.9 Å². The molecular formula is C10H19I2N2O2-. The number of amides is 3. The van der Waals surface area contributed by atoms with Gasteiger partial charge >= 0.3 is 6.03 Å². The summed E-state index contributed by atoms with van der Waals surface area (Å²) in [5.74, 6) is 0.438. The van der Waals surface area contributed by atoms with Crippen LogP contribution in [0.4, 0.5) is 4.79 Å². The first-order valence-electron chi connectivity index (χ1n) is 5.10. The number of imide groups is 1. The zero-order valence-electron chi connectivity index (χ0n) is 10.0. The molecule has 0 spiro atoms. The van der Waals surface area contributed by atoms with Gasteiger partial charge in [-0.2, -0.15) is 0 Å². The van der Waals surface area contributed by atoms with Crippen molar-refractivity contribution in [3.63, 3.8) is 0 Å². The van der Waals surface area contributed by atoms with Crippen LogP contribution in [0.25, 0.3) is 0 Å². The lowest BCUT2D eigenvalue weighted by atomic mass is 9.79. The van der Waals surface area contributed by atoms with Gasteiger partial charge in [-0.1, -0.05) is 27.7 Å². The van der Waals surface area contributed by atoms with E-state index in [2.05, 4.69) is 19.2 Å². The Hall–Kier alpha value is 0.560. The Kier molecular flexibility index (Phi) is 8.39. The van der Waals surface area contributed by atoms with Crippen LogP contribution in [0.1, 0.15) is 34.1 Å². The normalized spacial score (nSPS) is 24.1. The van der Waals surface area contributed by atoms with Gasteiger partial charge in [-0.3, -0.25) is 4.79 Å². The third kappa shape index (κ3) is 3.80. The summed E-state index contributed by atoms with van der Waals surface area (Å²) in [5.41, 5.74) is -0.578. The largest absolute Gasteiger partial charge is 1.00 e. The van der Waals surface area contributed by atoms with Gasteiger partial charge in [0.25, 0.3) is 5.91 Å². The highest BCUT2D eigenvalue weighted by molar-refractivity contribution is 6.00. The fourth-order valence-corrected chi connectivity index (χ4v) is 2.06. The molecule has 0 bridgehead atoms. The number of hydrogen-bond acceptors (Lipinski definition) is 2. The smallest absolute Gasteiger partial charge is 0.420 e. The second-order valence-corrected chi connectivity index (χ2v) is 4.76. The number of urea groups is 1. The van der Waals surface area contributed by atoms with E-state index in [1.54, 1.807) is 5.32 Å². The Morgan fingerprint density at radius 1 is 1.19 bits per heavy atom. The highest BCUT2D eigenvalue weighted by Crippen LogP contribution is 2.23. The van der Waals surface area contributed by atoms with Crippen molar-refractivity contribution in [3.05, 3.63) is 0 Å². The molecule has 0 aliphatic carbocycles. The first-order valence-corrected chi connectivity index (χ1v) is 5.10. The van der Waals surface area contributed by atoms with Crippen LogP contribution in [0.15, 0.2) is 0 Å². The van der Waals surface area contributed by atoms with E-state index in [0.29, 0.717) is 5.92 Å². The number of carbonyl (C=O) groups is 2. The van der Waals surface area contributed by atoms with E-state index < -0.39 is 5.54 Å². The molecule has 3 N–H and O–H groups in total. The molecule has 1 atom stereocenters. The first-order chi connectivity index (χ1) is 6.38. The molecule has 16 heavy (non-hydrogen) atoms. The molecule has 0 aromatic carbocycles. The van der Waals surface area contributed by atoms with Crippen molar-refractivity contribution in [2.24, 2.45) is 11.8 Å². The molecule has 1 aliphatic rings. The van der Waals surface area contributed by atoms with Crippen LogP contribution in [0.3, 0.4) is 0 Å². The zero-order chi connectivity index (χ0) is 10.9. The first kappa shape index (κ1) is 18.9. The van der Waals surface area contributed by atoms with Gasteiger partial charge in [-0.15, -0.1) is 0 Å². The van der Waals surface area contributed by atoms with Crippen LogP contribution in [-0.2, 0) is 4.79 Å². The standard InChI is InChI=1S/C10H18N2O2.2HI/c1-6(2)5-10(7(3)4)8(13)11-9(14)12-10;;/h6-7H,5H2,1-4H3,(H2,11,12,13,14);2*1H/p-1. The maximum absolute atomic E-state index is 11.7. The number of quaternary nitrogens is 1. The average molecular weight is 453 g/mol. The number of carbonyl (C=O) groups excluding carboxylic acids is 2. The minimum Gasteiger partial charge on any atom is -1.00 e. The van der Waals surface area contributed by atoms with Crippen LogP contribution in [0.5, 0.6) is 0 Å². The van der Waals surface area contributed by atoms with Crippen molar-refractivity contribution in [2.45, 2.75) is 39.7 Å². The molecule has 96 valence electrons. The summed E-state index contributed by atoms with van der Waals surface area (Å²) < 4.78 is 0. The van der Waals surface area contributed by atoms with Crippen molar-refractivity contribution in [1.29, 1.82) is 0 Å². The van der Waals surface area contributed by atoms with Crippen LogP contribution in [0, 0.1) is 11.8 Å². The summed E-state index contributed by atoms with van der Waals surface area (Å²) in [7, 11) is 0. The third-order valence-corrected chi connectivity index (χ3v) is 2.82. The van der Waals surface area contributed by atoms with Crippen molar-refractivity contribution < 1.29 is 62.9 Å². The topological polar surface area (TPSA) is 62.8 Å². The number of halogens is 2. The molecule has 0 radical (unpaired) electrons. The maximum atomic E-state index is 11.7. The molecule has 1 aliphatic heterocycles. The van der Waals surface area contributed by atoms with Gasteiger partial charge in [0.05, 0.1) is 0 Å². The van der Waals surface area contributed by atoms with Gasteiger partial charge in [-0.25, -0.2) is 15.4 Å². The van der Waals surface area contributed by atoms with Gasteiger partial charge < -0.3 is 48.0 Å². The average Bonchev–Trinajstić information content (AvgIpc) is 2.26. The number of primary amides is 1. The molecule has 1 rings (SSSR count).